The van der Waals surface area contributed by atoms with Gasteiger partial charge in [-0.1, -0.05) is 72.0 Å². The first-order valence-corrected chi connectivity index (χ1v) is 13.1. The van der Waals surface area contributed by atoms with Crippen molar-refractivity contribution in [3.8, 4) is 0 Å². The van der Waals surface area contributed by atoms with Crippen molar-refractivity contribution in [2.24, 2.45) is 46.3 Å². The van der Waals surface area contributed by atoms with Crippen LogP contribution in [0.25, 0.3) is 0 Å². The molecule has 1 nitrogen and oxygen atoms in total. The number of aliphatic hydroxyl groups excluding tert-OH is 1. The second-order valence-corrected chi connectivity index (χ2v) is 12.6. The second-order valence-electron chi connectivity index (χ2n) is 12.6. The first-order chi connectivity index (χ1) is 13.7. The largest absolute Gasteiger partial charge is 0.393 e. The summed E-state index contributed by atoms with van der Waals surface area (Å²) in [6.45, 7) is 14.9. The minimum absolute atomic E-state index is 0.0633. The Kier molecular flexibility index (Phi) is 6.04. The second kappa shape index (κ2) is 7.99. The Morgan fingerprint density at radius 2 is 1.72 bits per heavy atom. The van der Waals surface area contributed by atoms with Gasteiger partial charge in [-0.25, -0.2) is 0 Å². The third-order valence-corrected chi connectivity index (χ3v) is 10.7. The van der Waals surface area contributed by atoms with Gasteiger partial charge in [0.05, 0.1) is 6.10 Å². The molecule has 0 unspecified atom stereocenters. The van der Waals surface area contributed by atoms with Gasteiger partial charge in [0.2, 0.25) is 0 Å². The SMILES string of the molecule is CC(C)CCC[C@@H](C)[C@@H]1CC[C@H]2C3=C(CC[C@@]21C)[C@@]1(C)CC[C@H](O)[C@@H](C)[C@@H]1CC3. The van der Waals surface area contributed by atoms with E-state index in [-0.39, 0.29) is 6.10 Å². The van der Waals surface area contributed by atoms with Gasteiger partial charge >= 0.3 is 0 Å². The highest BCUT2D eigenvalue weighted by atomic mass is 16.3. The molecule has 0 heterocycles. The molecule has 1 N–H and O–H groups in total. The van der Waals surface area contributed by atoms with Crippen LogP contribution in [0.2, 0.25) is 0 Å². The molecule has 4 aliphatic rings. The van der Waals surface area contributed by atoms with Gasteiger partial charge in [0.25, 0.3) is 0 Å². The van der Waals surface area contributed by atoms with Crippen LogP contribution >= 0.6 is 0 Å². The molecule has 1 heteroatoms. The fourth-order valence-electron chi connectivity index (χ4n) is 8.93. The van der Waals surface area contributed by atoms with Crippen LogP contribution in [0.5, 0.6) is 0 Å². The number of allylic oxidation sites excluding steroid dienone is 2. The van der Waals surface area contributed by atoms with E-state index in [1.807, 2.05) is 11.1 Å². The van der Waals surface area contributed by atoms with E-state index in [4.69, 9.17) is 0 Å². The zero-order valence-electron chi connectivity index (χ0n) is 20.3. The summed E-state index contributed by atoms with van der Waals surface area (Å²) in [5.41, 5.74) is 4.73. The van der Waals surface area contributed by atoms with E-state index in [0.717, 1.165) is 30.1 Å². The molecule has 2 saturated carbocycles. The highest BCUT2D eigenvalue weighted by Crippen LogP contribution is 2.66. The van der Waals surface area contributed by atoms with Crippen molar-refractivity contribution < 1.29 is 5.11 Å². The lowest BCUT2D eigenvalue weighted by atomic mass is 9.49. The fraction of sp³-hybridized carbons (Fsp3) is 0.929. The maximum Gasteiger partial charge on any atom is 0.0569 e. The van der Waals surface area contributed by atoms with E-state index in [1.54, 1.807) is 0 Å². The third kappa shape index (κ3) is 3.56. The van der Waals surface area contributed by atoms with Crippen LogP contribution in [-0.2, 0) is 0 Å². The van der Waals surface area contributed by atoms with Crippen LogP contribution in [0.3, 0.4) is 0 Å². The standard InChI is InChI=1S/C28H48O/c1-18(2)8-7-9-19(3)22-12-13-24-21-10-11-23-20(4)26(29)15-17-28(23,6)25(21)14-16-27(22,24)5/h18-20,22-24,26,29H,7-17H2,1-6H3/t19-,20+,22+,23+,24+,26+,27-,28+/m1/s1. The Hall–Kier alpha value is -0.300. The van der Waals surface area contributed by atoms with Crippen LogP contribution in [0.1, 0.15) is 112 Å². The molecule has 0 radical (unpaired) electrons. The van der Waals surface area contributed by atoms with Gasteiger partial charge in [-0.2, -0.15) is 0 Å². The summed E-state index contributed by atoms with van der Waals surface area (Å²) >= 11 is 0. The predicted octanol–water partition coefficient (Wildman–Crippen LogP) is 7.78. The summed E-state index contributed by atoms with van der Waals surface area (Å²) in [6, 6.07) is 0. The molecule has 0 bridgehead atoms. The quantitative estimate of drug-likeness (QED) is 0.467. The van der Waals surface area contributed by atoms with Crippen molar-refractivity contribution >= 4 is 0 Å². The molecule has 8 atom stereocenters. The molecular formula is C28H48O. The topological polar surface area (TPSA) is 20.2 Å². The normalized spacial score (nSPS) is 45.7. The molecule has 0 spiro atoms. The fourth-order valence-corrected chi connectivity index (χ4v) is 8.93. The lowest BCUT2D eigenvalue weighted by Crippen LogP contribution is -2.49. The molecule has 0 saturated heterocycles. The van der Waals surface area contributed by atoms with Crippen molar-refractivity contribution in [3.05, 3.63) is 11.1 Å². The Morgan fingerprint density at radius 1 is 0.966 bits per heavy atom. The van der Waals surface area contributed by atoms with Gasteiger partial charge in [-0.3, -0.25) is 0 Å². The molecular weight excluding hydrogens is 352 g/mol. The van der Waals surface area contributed by atoms with Crippen LogP contribution in [0.15, 0.2) is 11.1 Å². The van der Waals surface area contributed by atoms with E-state index in [1.165, 1.54) is 64.2 Å². The van der Waals surface area contributed by atoms with Gasteiger partial charge in [0, 0.05) is 0 Å². The number of rotatable bonds is 5. The highest BCUT2D eigenvalue weighted by Gasteiger charge is 2.56. The van der Waals surface area contributed by atoms with Gasteiger partial charge in [0.15, 0.2) is 0 Å². The first kappa shape index (κ1) is 21.9. The lowest BCUT2D eigenvalue weighted by molar-refractivity contribution is -0.0336. The van der Waals surface area contributed by atoms with Crippen LogP contribution in [0.4, 0.5) is 0 Å². The van der Waals surface area contributed by atoms with Crippen molar-refractivity contribution in [1.82, 2.24) is 0 Å². The maximum absolute atomic E-state index is 10.5. The Balaban J connectivity index is 1.54. The highest BCUT2D eigenvalue weighted by molar-refractivity contribution is 5.34. The van der Waals surface area contributed by atoms with Crippen molar-refractivity contribution in [3.63, 3.8) is 0 Å². The zero-order valence-corrected chi connectivity index (χ0v) is 20.3. The van der Waals surface area contributed by atoms with Gasteiger partial charge in [0.1, 0.15) is 0 Å². The summed E-state index contributed by atoms with van der Waals surface area (Å²) < 4.78 is 0. The summed E-state index contributed by atoms with van der Waals surface area (Å²) in [6.07, 6.45) is 14.8. The molecule has 4 rings (SSSR count). The van der Waals surface area contributed by atoms with Crippen molar-refractivity contribution in [1.29, 1.82) is 0 Å². The molecule has 4 aliphatic carbocycles. The van der Waals surface area contributed by atoms with Crippen molar-refractivity contribution in [2.45, 2.75) is 118 Å². The van der Waals surface area contributed by atoms with Gasteiger partial charge in [-0.15, -0.1) is 0 Å². The zero-order chi connectivity index (χ0) is 21.0. The van der Waals surface area contributed by atoms with Crippen LogP contribution in [0, 0.1) is 46.3 Å². The van der Waals surface area contributed by atoms with E-state index in [2.05, 4.69) is 41.5 Å². The van der Waals surface area contributed by atoms with Crippen molar-refractivity contribution in [2.75, 3.05) is 0 Å². The van der Waals surface area contributed by atoms with E-state index in [9.17, 15) is 5.11 Å². The van der Waals surface area contributed by atoms with E-state index >= 15 is 0 Å². The number of aliphatic hydroxyl groups is 1. The summed E-state index contributed by atoms with van der Waals surface area (Å²) in [4.78, 5) is 0. The molecule has 0 amide bonds. The lowest BCUT2D eigenvalue weighted by Gasteiger charge is -2.56. The van der Waals surface area contributed by atoms with Crippen LogP contribution in [-0.4, -0.2) is 11.2 Å². The Labute approximate surface area is 181 Å². The first-order valence-electron chi connectivity index (χ1n) is 13.1. The third-order valence-electron chi connectivity index (χ3n) is 10.7. The molecule has 0 aliphatic heterocycles. The molecule has 0 aromatic carbocycles. The van der Waals surface area contributed by atoms with E-state index < -0.39 is 0 Å². The molecule has 0 aromatic rings. The summed E-state index contributed by atoms with van der Waals surface area (Å²) in [5.74, 6) is 4.73. The monoisotopic (exact) mass is 400 g/mol. The van der Waals surface area contributed by atoms with E-state index in [0.29, 0.717) is 22.7 Å². The molecule has 0 aromatic heterocycles. The minimum Gasteiger partial charge on any atom is -0.393 e. The molecule has 2 fully saturated rings. The average molecular weight is 401 g/mol. The number of hydrogen-bond donors (Lipinski definition) is 1. The maximum atomic E-state index is 10.5. The smallest absolute Gasteiger partial charge is 0.0569 e. The van der Waals surface area contributed by atoms with Gasteiger partial charge in [-0.05, 0) is 97.7 Å². The van der Waals surface area contributed by atoms with Crippen LogP contribution < -0.4 is 0 Å². The summed E-state index contributed by atoms with van der Waals surface area (Å²) in [7, 11) is 0. The minimum atomic E-state index is -0.0633. The summed E-state index contributed by atoms with van der Waals surface area (Å²) in [5, 5.41) is 10.5. The molecule has 166 valence electrons. The predicted molar refractivity (Wildman–Crippen MR) is 124 cm³/mol. The van der Waals surface area contributed by atoms with Gasteiger partial charge < -0.3 is 5.11 Å². The Morgan fingerprint density at radius 3 is 2.45 bits per heavy atom. The average Bonchev–Trinajstić information content (AvgIpc) is 3.02. The molecule has 29 heavy (non-hydrogen) atoms. The number of hydrogen-bond acceptors (Lipinski definition) is 1. The number of fused-ring (bicyclic) bond motifs is 4. The Bertz CT molecular complexity index is 632.